The number of fused-ring (bicyclic) bond motifs is 1. The summed E-state index contributed by atoms with van der Waals surface area (Å²) in [4.78, 5) is 12.1. The van der Waals surface area contributed by atoms with E-state index in [0.717, 1.165) is 0 Å². The molecule has 0 saturated carbocycles. The summed E-state index contributed by atoms with van der Waals surface area (Å²) >= 11 is 1.52. The van der Waals surface area contributed by atoms with Crippen LogP contribution in [-0.2, 0) is 9.47 Å². The van der Waals surface area contributed by atoms with E-state index in [1.165, 1.54) is 29.0 Å². The van der Waals surface area contributed by atoms with Gasteiger partial charge in [-0.15, -0.1) is 11.8 Å². The van der Waals surface area contributed by atoms with E-state index in [2.05, 4.69) is 15.0 Å². The molecule has 4 atom stereocenters. The number of hydrogen-bond donors (Lipinski definition) is 3. The largest absolute Gasteiger partial charge is 0.387 e. The van der Waals surface area contributed by atoms with Gasteiger partial charge in [-0.3, -0.25) is 4.57 Å². The first-order valence-corrected chi connectivity index (χ1v) is 8.04. The molecule has 3 heterocycles. The van der Waals surface area contributed by atoms with Crippen LogP contribution < -0.4 is 5.73 Å². The average molecular weight is 327 g/mol. The van der Waals surface area contributed by atoms with Crippen molar-refractivity contribution >= 4 is 28.7 Å². The van der Waals surface area contributed by atoms with Crippen molar-refractivity contribution in [1.82, 2.24) is 19.5 Å². The second-order valence-electron chi connectivity index (χ2n) is 4.91. The molecule has 0 amide bonds. The fourth-order valence-electron chi connectivity index (χ4n) is 2.40. The molecule has 9 nitrogen and oxygen atoms in total. The zero-order valence-corrected chi connectivity index (χ0v) is 12.7. The van der Waals surface area contributed by atoms with Crippen molar-refractivity contribution in [2.75, 3.05) is 24.5 Å². The molecule has 1 saturated heterocycles. The van der Waals surface area contributed by atoms with Crippen molar-refractivity contribution in [3.05, 3.63) is 12.7 Å². The highest BCUT2D eigenvalue weighted by atomic mass is 32.2. The molecule has 22 heavy (non-hydrogen) atoms. The lowest BCUT2D eigenvalue weighted by molar-refractivity contribution is -0.0597. The standard InChI is InChI=1S/C12H17N5O4S/c1-22-5-20-2-6-8(18)9(19)12(21-6)17-4-16-7-10(13)14-3-15-11(7)17/h3-4,6,8-9,12,18-19H,2,5H2,1H3,(H2,13,14,15)/t6-,8-,9-,12-/m1/s1. The maximum Gasteiger partial charge on any atom is 0.167 e. The Labute approximate surface area is 130 Å². The number of rotatable bonds is 5. The fraction of sp³-hybridized carbons (Fsp3) is 0.583. The van der Waals surface area contributed by atoms with Gasteiger partial charge in [-0.25, -0.2) is 15.0 Å². The molecule has 1 fully saturated rings. The molecule has 1 aliphatic rings. The van der Waals surface area contributed by atoms with Crippen LogP contribution in [0.25, 0.3) is 11.2 Å². The molecule has 4 N–H and O–H groups in total. The highest BCUT2D eigenvalue weighted by Gasteiger charge is 2.44. The third-order valence-corrected chi connectivity index (χ3v) is 3.88. The number of nitrogens with zero attached hydrogens (tertiary/aromatic N) is 4. The Bertz CT molecular complexity index is 653. The first kappa shape index (κ1) is 15.4. The zero-order valence-electron chi connectivity index (χ0n) is 11.9. The zero-order chi connectivity index (χ0) is 15.7. The van der Waals surface area contributed by atoms with E-state index in [0.29, 0.717) is 17.1 Å². The van der Waals surface area contributed by atoms with E-state index in [1.807, 2.05) is 6.26 Å². The van der Waals surface area contributed by atoms with E-state index in [9.17, 15) is 10.2 Å². The molecule has 0 bridgehead atoms. The first-order valence-electron chi connectivity index (χ1n) is 6.64. The topological polar surface area (TPSA) is 129 Å². The third kappa shape index (κ3) is 2.63. The Morgan fingerprint density at radius 1 is 1.36 bits per heavy atom. The molecule has 2 aromatic rings. The molecule has 1 aliphatic heterocycles. The molecule has 0 aliphatic carbocycles. The maximum absolute atomic E-state index is 10.2. The van der Waals surface area contributed by atoms with Crippen molar-refractivity contribution < 1.29 is 19.7 Å². The van der Waals surface area contributed by atoms with Crippen LogP contribution in [0, 0.1) is 0 Å². The molecule has 120 valence electrons. The lowest BCUT2D eigenvalue weighted by Gasteiger charge is -2.16. The number of anilines is 1. The summed E-state index contributed by atoms with van der Waals surface area (Å²) in [5.41, 5.74) is 6.60. The summed E-state index contributed by atoms with van der Waals surface area (Å²) in [5, 5.41) is 20.3. The van der Waals surface area contributed by atoms with Crippen molar-refractivity contribution in [2.45, 2.75) is 24.5 Å². The summed E-state index contributed by atoms with van der Waals surface area (Å²) in [7, 11) is 0. The quantitative estimate of drug-likeness (QED) is 0.485. The Morgan fingerprint density at radius 2 is 2.18 bits per heavy atom. The molecule has 0 radical (unpaired) electrons. The highest BCUT2D eigenvalue weighted by molar-refractivity contribution is 7.98. The number of aliphatic hydroxyl groups is 2. The number of aliphatic hydroxyl groups excluding tert-OH is 2. The summed E-state index contributed by atoms with van der Waals surface area (Å²) in [5.74, 6) is 0.738. The number of thioether (sulfide) groups is 1. The van der Waals surface area contributed by atoms with Gasteiger partial charge < -0.3 is 25.4 Å². The summed E-state index contributed by atoms with van der Waals surface area (Å²) in [6.07, 6.45) is 1.08. The molecular weight excluding hydrogens is 310 g/mol. The second kappa shape index (κ2) is 6.34. The minimum Gasteiger partial charge on any atom is -0.387 e. The van der Waals surface area contributed by atoms with Crippen molar-refractivity contribution in [3.8, 4) is 0 Å². The Morgan fingerprint density at radius 3 is 2.95 bits per heavy atom. The number of hydrogen-bond acceptors (Lipinski definition) is 9. The number of aromatic nitrogens is 4. The number of imidazole rings is 1. The van der Waals surface area contributed by atoms with E-state index in [4.69, 9.17) is 15.2 Å². The van der Waals surface area contributed by atoms with Crippen molar-refractivity contribution in [1.29, 1.82) is 0 Å². The van der Waals surface area contributed by atoms with Gasteiger partial charge >= 0.3 is 0 Å². The van der Waals surface area contributed by atoms with Crippen LogP contribution in [0.3, 0.4) is 0 Å². The first-order chi connectivity index (χ1) is 10.6. The van der Waals surface area contributed by atoms with Crippen molar-refractivity contribution in [3.63, 3.8) is 0 Å². The van der Waals surface area contributed by atoms with Crippen LogP contribution in [0.1, 0.15) is 6.23 Å². The molecule has 0 unspecified atom stereocenters. The van der Waals surface area contributed by atoms with Gasteiger partial charge in [0.2, 0.25) is 0 Å². The normalized spacial score (nSPS) is 28.5. The minimum atomic E-state index is -1.11. The number of nitrogen functional groups attached to an aromatic ring is 1. The number of ether oxygens (including phenoxy) is 2. The van der Waals surface area contributed by atoms with Gasteiger partial charge in [-0.05, 0) is 6.26 Å². The Balaban J connectivity index is 1.83. The molecular formula is C12H17N5O4S. The molecule has 10 heteroatoms. The minimum absolute atomic E-state index is 0.194. The Hall–Kier alpha value is -1.46. The SMILES string of the molecule is CSCOC[C@H]1O[C@@H](n2cnc3c(N)ncnc32)[C@H](O)[C@@H]1O. The molecule has 2 aromatic heterocycles. The highest BCUT2D eigenvalue weighted by Crippen LogP contribution is 2.32. The van der Waals surface area contributed by atoms with Crippen molar-refractivity contribution in [2.24, 2.45) is 0 Å². The van der Waals surface area contributed by atoms with Gasteiger partial charge in [0.05, 0.1) is 18.9 Å². The van der Waals surface area contributed by atoms with Crippen LogP contribution >= 0.6 is 11.8 Å². The van der Waals surface area contributed by atoms with Crippen LogP contribution in [0.15, 0.2) is 12.7 Å². The van der Waals surface area contributed by atoms with Crippen LogP contribution in [0.4, 0.5) is 5.82 Å². The number of nitrogens with two attached hydrogens (primary N) is 1. The maximum atomic E-state index is 10.2. The lowest BCUT2D eigenvalue weighted by Crippen LogP contribution is -2.33. The summed E-state index contributed by atoms with van der Waals surface area (Å²) in [6, 6.07) is 0. The second-order valence-corrected chi connectivity index (χ2v) is 5.72. The summed E-state index contributed by atoms with van der Waals surface area (Å²) in [6.45, 7) is 0.194. The van der Waals surface area contributed by atoms with Gasteiger partial charge in [0.1, 0.15) is 30.2 Å². The molecule has 3 rings (SSSR count). The van der Waals surface area contributed by atoms with E-state index in [-0.39, 0.29) is 12.4 Å². The van der Waals surface area contributed by atoms with E-state index in [1.54, 1.807) is 0 Å². The van der Waals surface area contributed by atoms with Crippen LogP contribution in [0.5, 0.6) is 0 Å². The smallest absolute Gasteiger partial charge is 0.167 e. The van der Waals surface area contributed by atoms with Gasteiger partial charge in [-0.1, -0.05) is 0 Å². The van der Waals surface area contributed by atoms with E-state index < -0.39 is 24.5 Å². The average Bonchev–Trinajstić information content (AvgIpc) is 3.05. The van der Waals surface area contributed by atoms with Gasteiger partial charge in [0.25, 0.3) is 0 Å². The van der Waals surface area contributed by atoms with Crippen LogP contribution in [0.2, 0.25) is 0 Å². The Kier molecular flexibility index (Phi) is 4.45. The van der Waals surface area contributed by atoms with E-state index >= 15 is 0 Å². The molecule has 0 aromatic carbocycles. The third-order valence-electron chi connectivity index (χ3n) is 3.48. The fourth-order valence-corrected chi connectivity index (χ4v) is 2.66. The molecule has 0 spiro atoms. The van der Waals surface area contributed by atoms with Gasteiger partial charge in [-0.2, -0.15) is 0 Å². The van der Waals surface area contributed by atoms with Gasteiger partial charge in [0, 0.05) is 0 Å². The predicted molar refractivity (Wildman–Crippen MR) is 80.0 cm³/mol. The summed E-state index contributed by atoms with van der Waals surface area (Å²) < 4.78 is 12.6. The van der Waals surface area contributed by atoms with Gasteiger partial charge in [0.15, 0.2) is 17.7 Å². The van der Waals surface area contributed by atoms with Crippen LogP contribution in [-0.4, -0.2) is 66.8 Å². The predicted octanol–water partition coefficient (Wildman–Crippen LogP) is -0.635. The lowest BCUT2D eigenvalue weighted by atomic mass is 10.1. The monoisotopic (exact) mass is 327 g/mol.